The maximum Gasteiger partial charge on any atom is 0.122 e. The van der Waals surface area contributed by atoms with E-state index in [1.165, 1.54) is 12.8 Å². The molecule has 0 spiro atoms. The number of ether oxygens (including phenoxy) is 2. The minimum atomic E-state index is 0.638. The number of hydrogen-bond donors (Lipinski definition) is 1. The van der Waals surface area contributed by atoms with Crippen LogP contribution in [0.1, 0.15) is 19.8 Å². The van der Waals surface area contributed by atoms with Gasteiger partial charge in [0.25, 0.3) is 0 Å². The van der Waals surface area contributed by atoms with Crippen molar-refractivity contribution in [1.82, 2.24) is 5.32 Å². The van der Waals surface area contributed by atoms with Gasteiger partial charge < -0.3 is 14.8 Å². The number of nitrogens with one attached hydrogen (secondary N) is 1. The normalized spacial score (nSPS) is 19.9. The van der Waals surface area contributed by atoms with Gasteiger partial charge in [0.05, 0.1) is 13.2 Å². The molecule has 0 amide bonds. The predicted octanol–water partition coefficient (Wildman–Crippen LogP) is 2.46. The summed E-state index contributed by atoms with van der Waals surface area (Å²) in [6.07, 6.45) is 2.52. The quantitative estimate of drug-likeness (QED) is 0.850. The molecule has 1 unspecified atom stereocenters. The van der Waals surface area contributed by atoms with Gasteiger partial charge in [-0.25, -0.2) is 0 Å². The third-order valence-corrected chi connectivity index (χ3v) is 3.00. The Hall–Kier alpha value is -1.22. The van der Waals surface area contributed by atoms with Crippen LogP contribution in [0.4, 0.5) is 0 Å². The molecular formula is C14H21NO2. The van der Waals surface area contributed by atoms with Gasteiger partial charge in [0.1, 0.15) is 11.5 Å². The standard InChI is InChI=1S/C14H21NO2/c1-2-16-13-6-3-7-14(9-13)17-11-12-5-4-8-15-10-12/h3,6-7,9,12,15H,2,4-5,8,10-11H2,1H3. The van der Waals surface area contributed by atoms with Gasteiger partial charge in [0, 0.05) is 18.5 Å². The first-order chi connectivity index (χ1) is 8.38. The molecule has 3 nitrogen and oxygen atoms in total. The molecule has 0 saturated carbocycles. The second-order valence-electron chi connectivity index (χ2n) is 4.43. The van der Waals surface area contributed by atoms with Crippen LogP contribution in [0.15, 0.2) is 24.3 Å². The van der Waals surface area contributed by atoms with Crippen molar-refractivity contribution in [3.63, 3.8) is 0 Å². The molecular weight excluding hydrogens is 214 g/mol. The van der Waals surface area contributed by atoms with Crippen LogP contribution in [-0.2, 0) is 0 Å². The van der Waals surface area contributed by atoms with E-state index in [1.807, 2.05) is 31.2 Å². The van der Waals surface area contributed by atoms with Gasteiger partial charge in [-0.2, -0.15) is 0 Å². The van der Waals surface area contributed by atoms with E-state index < -0.39 is 0 Å². The lowest BCUT2D eigenvalue weighted by atomic mass is 10.0. The second-order valence-corrected chi connectivity index (χ2v) is 4.43. The lowest BCUT2D eigenvalue weighted by Gasteiger charge is -2.22. The van der Waals surface area contributed by atoms with Gasteiger partial charge in [-0.3, -0.25) is 0 Å². The van der Waals surface area contributed by atoms with E-state index in [4.69, 9.17) is 9.47 Å². The molecule has 94 valence electrons. The first-order valence-corrected chi connectivity index (χ1v) is 6.45. The predicted molar refractivity (Wildman–Crippen MR) is 68.7 cm³/mol. The van der Waals surface area contributed by atoms with E-state index in [-0.39, 0.29) is 0 Å². The molecule has 2 rings (SSSR count). The number of rotatable bonds is 5. The smallest absolute Gasteiger partial charge is 0.122 e. The fourth-order valence-electron chi connectivity index (χ4n) is 2.10. The SMILES string of the molecule is CCOc1cccc(OCC2CCCNC2)c1. The van der Waals surface area contributed by atoms with Crippen molar-refractivity contribution in [2.45, 2.75) is 19.8 Å². The van der Waals surface area contributed by atoms with Crippen molar-refractivity contribution >= 4 is 0 Å². The summed E-state index contributed by atoms with van der Waals surface area (Å²) in [5.74, 6) is 2.42. The zero-order valence-corrected chi connectivity index (χ0v) is 10.4. The molecule has 1 atom stereocenters. The Balaban J connectivity index is 1.83. The van der Waals surface area contributed by atoms with E-state index in [2.05, 4.69) is 5.32 Å². The monoisotopic (exact) mass is 235 g/mol. The topological polar surface area (TPSA) is 30.5 Å². The van der Waals surface area contributed by atoms with Crippen LogP contribution in [0.3, 0.4) is 0 Å². The lowest BCUT2D eigenvalue weighted by molar-refractivity contribution is 0.217. The summed E-state index contributed by atoms with van der Waals surface area (Å²) in [6, 6.07) is 7.87. The van der Waals surface area contributed by atoms with E-state index >= 15 is 0 Å². The Bertz CT molecular complexity index is 335. The summed E-state index contributed by atoms with van der Waals surface area (Å²) in [4.78, 5) is 0. The Labute approximate surface area is 103 Å². The molecule has 1 heterocycles. The lowest BCUT2D eigenvalue weighted by Crippen LogP contribution is -2.33. The molecule has 0 bridgehead atoms. The van der Waals surface area contributed by atoms with Gasteiger partial charge in [0.15, 0.2) is 0 Å². The zero-order valence-electron chi connectivity index (χ0n) is 10.4. The Morgan fingerprint density at radius 3 is 2.82 bits per heavy atom. The summed E-state index contributed by atoms with van der Waals surface area (Å²) < 4.78 is 11.3. The molecule has 1 fully saturated rings. The number of benzene rings is 1. The first kappa shape index (κ1) is 12.2. The van der Waals surface area contributed by atoms with E-state index in [0.717, 1.165) is 31.2 Å². The van der Waals surface area contributed by atoms with Gasteiger partial charge in [-0.15, -0.1) is 0 Å². The highest BCUT2D eigenvalue weighted by atomic mass is 16.5. The minimum absolute atomic E-state index is 0.638. The van der Waals surface area contributed by atoms with Crippen molar-refractivity contribution in [3.05, 3.63) is 24.3 Å². The highest BCUT2D eigenvalue weighted by Crippen LogP contribution is 2.20. The van der Waals surface area contributed by atoms with Gasteiger partial charge >= 0.3 is 0 Å². The maximum absolute atomic E-state index is 5.81. The van der Waals surface area contributed by atoms with Gasteiger partial charge in [-0.1, -0.05) is 6.07 Å². The average molecular weight is 235 g/mol. The Morgan fingerprint density at radius 2 is 2.12 bits per heavy atom. The van der Waals surface area contributed by atoms with Crippen molar-refractivity contribution in [2.75, 3.05) is 26.3 Å². The summed E-state index contributed by atoms with van der Waals surface area (Å²) in [6.45, 7) is 5.70. The van der Waals surface area contributed by atoms with Crippen LogP contribution in [0.25, 0.3) is 0 Å². The van der Waals surface area contributed by atoms with Crippen LogP contribution in [0, 0.1) is 5.92 Å². The molecule has 1 aromatic carbocycles. The molecule has 0 aliphatic carbocycles. The van der Waals surface area contributed by atoms with E-state index in [1.54, 1.807) is 0 Å². The molecule has 1 aromatic rings. The fraction of sp³-hybridized carbons (Fsp3) is 0.571. The number of hydrogen-bond acceptors (Lipinski definition) is 3. The van der Waals surface area contributed by atoms with Crippen molar-refractivity contribution < 1.29 is 9.47 Å². The Kier molecular flexibility index (Phi) is 4.68. The van der Waals surface area contributed by atoms with Crippen molar-refractivity contribution in [3.8, 4) is 11.5 Å². The molecule has 0 aromatic heterocycles. The van der Waals surface area contributed by atoms with Crippen LogP contribution < -0.4 is 14.8 Å². The molecule has 1 saturated heterocycles. The van der Waals surface area contributed by atoms with Crippen LogP contribution >= 0.6 is 0 Å². The van der Waals surface area contributed by atoms with E-state index in [0.29, 0.717) is 12.5 Å². The molecule has 1 N–H and O–H groups in total. The van der Waals surface area contributed by atoms with Crippen LogP contribution in [0.5, 0.6) is 11.5 Å². The Morgan fingerprint density at radius 1 is 1.29 bits per heavy atom. The molecule has 1 aliphatic heterocycles. The summed E-state index contributed by atoms with van der Waals surface area (Å²) in [7, 11) is 0. The van der Waals surface area contributed by atoms with Crippen molar-refractivity contribution in [2.24, 2.45) is 5.92 Å². The third-order valence-electron chi connectivity index (χ3n) is 3.00. The van der Waals surface area contributed by atoms with E-state index in [9.17, 15) is 0 Å². The molecule has 3 heteroatoms. The fourth-order valence-corrected chi connectivity index (χ4v) is 2.10. The minimum Gasteiger partial charge on any atom is -0.494 e. The molecule has 1 aliphatic rings. The van der Waals surface area contributed by atoms with Crippen molar-refractivity contribution in [1.29, 1.82) is 0 Å². The maximum atomic E-state index is 5.81. The number of piperidine rings is 1. The van der Waals surface area contributed by atoms with Crippen LogP contribution in [0.2, 0.25) is 0 Å². The van der Waals surface area contributed by atoms with Crippen LogP contribution in [-0.4, -0.2) is 26.3 Å². The molecule has 0 radical (unpaired) electrons. The zero-order chi connectivity index (χ0) is 11.9. The second kappa shape index (κ2) is 6.50. The largest absolute Gasteiger partial charge is 0.494 e. The highest BCUT2D eigenvalue weighted by Gasteiger charge is 2.13. The average Bonchev–Trinajstić information content (AvgIpc) is 2.39. The van der Waals surface area contributed by atoms with Gasteiger partial charge in [-0.05, 0) is 38.4 Å². The molecule has 17 heavy (non-hydrogen) atoms. The summed E-state index contributed by atoms with van der Waals surface area (Å²) in [5, 5.41) is 3.40. The van der Waals surface area contributed by atoms with Gasteiger partial charge in [0.2, 0.25) is 0 Å². The first-order valence-electron chi connectivity index (χ1n) is 6.45. The third kappa shape index (κ3) is 3.93. The highest BCUT2D eigenvalue weighted by molar-refractivity contribution is 5.32. The summed E-state index contributed by atoms with van der Waals surface area (Å²) in [5.41, 5.74) is 0. The summed E-state index contributed by atoms with van der Waals surface area (Å²) >= 11 is 0.